The molecule has 0 aromatic carbocycles. The molecule has 2 heterocycles. The first kappa shape index (κ1) is 10.8. The lowest BCUT2D eigenvalue weighted by Crippen LogP contribution is -2.10. The number of oxazole rings is 1. The second kappa shape index (κ2) is 3.40. The molecule has 2 aromatic rings. The summed E-state index contributed by atoms with van der Waals surface area (Å²) < 4.78 is 5.53. The summed E-state index contributed by atoms with van der Waals surface area (Å²) in [5.74, 6) is 0.616. The highest BCUT2D eigenvalue weighted by Crippen LogP contribution is 2.25. The number of carbonyl (C=O) groups excluding carboxylic acids is 1. The van der Waals surface area contributed by atoms with Crippen molar-refractivity contribution in [3.8, 4) is 0 Å². The summed E-state index contributed by atoms with van der Waals surface area (Å²) in [5.41, 5.74) is 1.52. The van der Waals surface area contributed by atoms with E-state index in [1.807, 2.05) is 20.8 Å². The summed E-state index contributed by atoms with van der Waals surface area (Å²) in [6.07, 6.45) is 1.52. The minimum absolute atomic E-state index is 0.0188. The zero-order chi connectivity index (χ0) is 11.9. The van der Waals surface area contributed by atoms with Crippen LogP contribution < -0.4 is 0 Å². The predicted molar refractivity (Wildman–Crippen MR) is 60.5 cm³/mol. The molecule has 0 unspecified atom stereocenters. The number of ketones is 1. The maximum absolute atomic E-state index is 11.2. The molecule has 16 heavy (non-hydrogen) atoms. The number of nitrogens with zero attached hydrogens (tertiary/aromatic N) is 2. The molecule has 2 rings (SSSR count). The van der Waals surface area contributed by atoms with Gasteiger partial charge in [-0.1, -0.05) is 20.8 Å². The fourth-order valence-corrected chi connectivity index (χ4v) is 1.34. The van der Waals surface area contributed by atoms with Crippen LogP contribution in [-0.4, -0.2) is 15.8 Å². The first-order valence-electron chi connectivity index (χ1n) is 5.16. The fraction of sp³-hybridized carbons (Fsp3) is 0.417. The van der Waals surface area contributed by atoms with Crippen LogP contribution in [0.3, 0.4) is 0 Å². The van der Waals surface area contributed by atoms with E-state index in [1.165, 1.54) is 13.1 Å². The molecule has 4 nitrogen and oxygen atoms in total. The highest BCUT2D eigenvalue weighted by atomic mass is 16.4. The highest BCUT2D eigenvalue weighted by Gasteiger charge is 2.21. The van der Waals surface area contributed by atoms with E-state index in [0.717, 1.165) is 0 Å². The van der Waals surface area contributed by atoms with E-state index < -0.39 is 0 Å². The van der Waals surface area contributed by atoms with Gasteiger partial charge in [0.05, 0.1) is 0 Å². The molecule has 2 aromatic heterocycles. The Morgan fingerprint density at radius 2 is 2.06 bits per heavy atom. The standard InChI is InChI=1S/C12H14N2O2/c1-7(15)8-5-9-10(13-6-8)16-11(14-9)12(2,3)4/h5-6H,1-4H3. The van der Waals surface area contributed by atoms with E-state index in [-0.39, 0.29) is 11.2 Å². The number of hydrogen-bond donors (Lipinski definition) is 0. The molecule has 0 amide bonds. The average Bonchev–Trinajstić information content (AvgIpc) is 2.58. The van der Waals surface area contributed by atoms with Gasteiger partial charge in [-0.25, -0.2) is 9.97 Å². The highest BCUT2D eigenvalue weighted by molar-refractivity contribution is 5.95. The van der Waals surface area contributed by atoms with Crippen LogP contribution in [0.2, 0.25) is 0 Å². The summed E-state index contributed by atoms with van der Waals surface area (Å²) >= 11 is 0. The molecule has 0 aliphatic rings. The number of rotatable bonds is 1. The Morgan fingerprint density at radius 3 is 2.62 bits per heavy atom. The van der Waals surface area contributed by atoms with Crippen LogP contribution >= 0.6 is 0 Å². The maximum atomic E-state index is 11.2. The van der Waals surface area contributed by atoms with Gasteiger partial charge in [-0.2, -0.15) is 0 Å². The Hall–Kier alpha value is -1.71. The second-order valence-electron chi connectivity index (χ2n) is 4.87. The van der Waals surface area contributed by atoms with Gasteiger partial charge in [0.15, 0.2) is 5.78 Å². The smallest absolute Gasteiger partial charge is 0.246 e. The van der Waals surface area contributed by atoms with Crippen LogP contribution in [0.5, 0.6) is 0 Å². The summed E-state index contributed by atoms with van der Waals surface area (Å²) in [6, 6.07) is 1.71. The molecule has 0 saturated carbocycles. The van der Waals surface area contributed by atoms with Crippen LogP contribution in [0.4, 0.5) is 0 Å². The quantitative estimate of drug-likeness (QED) is 0.690. The number of pyridine rings is 1. The third-order valence-electron chi connectivity index (χ3n) is 2.30. The maximum Gasteiger partial charge on any atom is 0.246 e. The number of fused-ring (bicyclic) bond motifs is 1. The van der Waals surface area contributed by atoms with Gasteiger partial charge < -0.3 is 4.42 Å². The molecule has 0 aliphatic carbocycles. The minimum Gasteiger partial charge on any atom is -0.422 e. The van der Waals surface area contributed by atoms with Gasteiger partial charge in [-0.15, -0.1) is 0 Å². The molecule has 0 aliphatic heterocycles. The SMILES string of the molecule is CC(=O)c1cnc2oc(C(C)(C)C)nc2c1. The second-order valence-corrected chi connectivity index (χ2v) is 4.87. The number of carbonyl (C=O) groups is 1. The Morgan fingerprint density at radius 1 is 1.38 bits per heavy atom. The summed E-state index contributed by atoms with van der Waals surface area (Å²) in [7, 11) is 0. The molecule has 0 fully saturated rings. The molecular formula is C12H14N2O2. The number of Topliss-reactive ketones (excluding diaryl/α,β-unsaturated/α-hetero) is 1. The normalized spacial score (nSPS) is 12.0. The summed E-state index contributed by atoms with van der Waals surface area (Å²) in [5, 5.41) is 0. The number of hydrogen-bond acceptors (Lipinski definition) is 4. The van der Waals surface area contributed by atoms with Gasteiger partial charge in [-0.05, 0) is 13.0 Å². The van der Waals surface area contributed by atoms with E-state index in [9.17, 15) is 4.79 Å². The summed E-state index contributed by atoms with van der Waals surface area (Å²) in [6.45, 7) is 7.56. The van der Waals surface area contributed by atoms with Crippen molar-refractivity contribution in [2.45, 2.75) is 33.1 Å². The van der Waals surface area contributed by atoms with E-state index in [2.05, 4.69) is 9.97 Å². The van der Waals surface area contributed by atoms with Crippen LogP contribution in [0.15, 0.2) is 16.7 Å². The summed E-state index contributed by atoms with van der Waals surface area (Å²) in [4.78, 5) is 19.6. The molecule has 0 radical (unpaired) electrons. The lowest BCUT2D eigenvalue weighted by atomic mass is 9.97. The lowest BCUT2D eigenvalue weighted by Gasteiger charge is -2.11. The molecule has 0 bridgehead atoms. The first-order chi connectivity index (χ1) is 7.38. The Kier molecular flexibility index (Phi) is 2.30. The minimum atomic E-state index is -0.156. The topological polar surface area (TPSA) is 56.0 Å². The zero-order valence-electron chi connectivity index (χ0n) is 9.87. The van der Waals surface area contributed by atoms with Crippen molar-refractivity contribution in [3.05, 3.63) is 23.7 Å². The Balaban J connectivity index is 2.59. The monoisotopic (exact) mass is 218 g/mol. The van der Waals surface area contributed by atoms with Crippen molar-refractivity contribution in [2.24, 2.45) is 0 Å². The van der Waals surface area contributed by atoms with Crippen molar-refractivity contribution in [1.82, 2.24) is 9.97 Å². The molecule has 0 spiro atoms. The van der Waals surface area contributed by atoms with Crippen molar-refractivity contribution >= 4 is 17.0 Å². The molecular weight excluding hydrogens is 204 g/mol. The van der Waals surface area contributed by atoms with Gasteiger partial charge in [0.2, 0.25) is 11.6 Å². The third kappa shape index (κ3) is 1.83. The van der Waals surface area contributed by atoms with E-state index in [1.54, 1.807) is 6.07 Å². The largest absolute Gasteiger partial charge is 0.422 e. The van der Waals surface area contributed by atoms with Gasteiger partial charge in [0.1, 0.15) is 5.52 Å². The molecule has 0 saturated heterocycles. The zero-order valence-corrected chi connectivity index (χ0v) is 9.87. The van der Waals surface area contributed by atoms with Gasteiger partial charge >= 0.3 is 0 Å². The third-order valence-corrected chi connectivity index (χ3v) is 2.30. The van der Waals surface area contributed by atoms with E-state index >= 15 is 0 Å². The van der Waals surface area contributed by atoms with Crippen molar-refractivity contribution in [3.63, 3.8) is 0 Å². The molecule has 0 N–H and O–H groups in total. The van der Waals surface area contributed by atoms with Crippen molar-refractivity contribution in [1.29, 1.82) is 0 Å². The Bertz CT molecular complexity index is 550. The van der Waals surface area contributed by atoms with Crippen LogP contribution in [0, 0.1) is 0 Å². The lowest BCUT2D eigenvalue weighted by molar-refractivity contribution is 0.101. The van der Waals surface area contributed by atoms with Crippen molar-refractivity contribution < 1.29 is 9.21 Å². The van der Waals surface area contributed by atoms with Gasteiger partial charge in [0, 0.05) is 17.2 Å². The fourth-order valence-electron chi connectivity index (χ4n) is 1.34. The van der Waals surface area contributed by atoms with Crippen LogP contribution in [-0.2, 0) is 5.41 Å². The van der Waals surface area contributed by atoms with Gasteiger partial charge in [-0.3, -0.25) is 4.79 Å². The van der Waals surface area contributed by atoms with Gasteiger partial charge in [0.25, 0.3) is 0 Å². The molecule has 0 atom stereocenters. The average molecular weight is 218 g/mol. The molecule has 4 heteroatoms. The molecule has 84 valence electrons. The Labute approximate surface area is 93.7 Å². The van der Waals surface area contributed by atoms with E-state index in [0.29, 0.717) is 22.7 Å². The number of aromatic nitrogens is 2. The van der Waals surface area contributed by atoms with Crippen LogP contribution in [0.25, 0.3) is 11.2 Å². The van der Waals surface area contributed by atoms with Crippen LogP contribution in [0.1, 0.15) is 43.9 Å². The predicted octanol–water partition coefficient (Wildman–Crippen LogP) is 2.72. The van der Waals surface area contributed by atoms with E-state index in [4.69, 9.17) is 4.42 Å². The first-order valence-corrected chi connectivity index (χ1v) is 5.16. The van der Waals surface area contributed by atoms with Crippen molar-refractivity contribution in [2.75, 3.05) is 0 Å².